The third kappa shape index (κ3) is 9.05. The van der Waals surface area contributed by atoms with Crippen LogP contribution in [0.25, 0.3) is 0 Å². The molecule has 0 aromatic heterocycles. The van der Waals surface area contributed by atoms with Gasteiger partial charge >= 0.3 is 0 Å². The standard InChI is InChI=1S/C36H40ClN3O6S/c1-36(2,3)38-35(42)32(23-26-13-7-6-8-14-26)39(24-27-15-9-10-16-30(27)37)34(41)25-40(31-17-11-12-18-33(31)46-5)47(43,44)29-21-19-28(45-4)20-22-29/h6-22,32H,23-25H2,1-5H3,(H,38,42)/t32-/m1/s1. The zero-order valence-electron chi connectivity index (χ0n) is 27.1. The topological polar surface area (TPSA) is 105 Å². The van der Waals surface area contributed by atoms with Crippen molar-refractivity contribution in [1.29, 1.82) is 0 Å². The molecule has 0 aliphatic heterocycles. The Morgan fingerprint density at radius 3 is 2.06 bits per heavy atom. The lowest BCUT2D eigenvalue weighted by atomic mass is 10.0. The van der Waals surface area contributed by atoms with E-state index >= 15 is 0 Å². The second kappa shape index (κ2) is 15.4. The van der Waals surface area contributed by atoms with E-state index in [0.29, 0.717) is 16.3 Å². The Bertz CT molecular complexity index is 1780. The molecule has 4 rings (SSSR count). The summed E-state index contributed by atoms with van der Waals surface area (Å²) >= 11 is 6.57. The number of benzene rings is 4. The molecular weight excluding hydrogens is 638 g/mol. The van der Waals surface area contributed by atoms with Crippen LogP contribution >= 0.6 is 11.6 Å². The van der Waals surface area contributed by atoms with Crippen LogP contribution < -0.4 is 19.1 Å². The summed E-state index contributed by atoms with van der Waals surface area (Å²) in [5.74, 6) is -0.272. The number of para-hydroxylation sites is 2. The van der Waals surface area contributed by atoms with Crippen molar-refractivity contribution >= 4 is 39.1 Å². The predicted octanol–water partition coefficient (Wildman–Crippen LogP) is 6.11. The first-order valence-corrected chi connectivity index (χ1v) is 16.8. The van der Waals surface area contributed by atoms with Crippen LogP contribution in [0, 0.1) is 0 Å². The van der Waals surface area contributed by atoms with Gasteiger partial charge in [-0.15, -0.1) is 0 Å². The van der Waals surface area contributed by atoms with Crippen molar-refractivity contribution in [3.63, 3.8) is 0 Å². The predicted molar refractivity (Wildman–Crippen MR) is 184 cm³/mol. The fourth-order valence-corrected chi connectivity index (χ4v) is 6.66. The van der Waals surface area contributed by atoms with Gasteiger partial charge in [0.1, 0.15) is 24.1 Å². The minimum absolute atomic E-state index is 0.0457. The highest BCUT2D eigenvalue weighted by Crippen LogP contribution is 2.33. The summed E-state index contributed by atoms with van der Waals surface area (Å²) in [7, 11) is -1.42. The summed E-state index contributed by atoms with van der Waals surface area (Å²) in [6, 6.07) is 27.8. The minimum Gasteiger partial charge on any atom is -0.497 e. The minimum atomic E-state index is -4.33. The van der Waals surface area contributed by atoms with E-state index in [-0.39, 0.29) is 35.2 Å². The number of nitrogens with one attached hydrogen (secondary N) is 1. The number of anilines is 1. The summed E-state index contributed by atoms with van der Waals surface area (Å²) in [5.41, 5.74) is 0.985. The Balaban J connectivity index is 1.85. The number of amides is 2. The molecule has 0 bridgehead atoms. The van der Waals surface area contributed by atoms with Crippen LogP contribution in [0.1, 0.15) is 31.9 Å². The maximum atomic E-state index is 14.7. The SMILES string of the molecule is COc1ccc(S(=O)(=O)N(CC(=O)N(Cc2ccccc2Cl)[C@H](Cc2ccccc2)C(=O)NC(C)(C)C)c2ccccc2OC)cc1. The van der Waals surface area contributed by atoms with Gasteiger partial charge in [0.15, 0.2) is 0 Å². The number of carbonyl (C=O) groups is 2. The normalized spacial score (nSPS) is 12.1. The van der Waals surface area contributed by atoms with Gasteiger partial charge in [-0.2, -0.15) is 0 Å². The number of carbonyl (C=O) groups excluding carboxylic acids is 2. The molecule has 47 heavy (non-hydrogen) atoms. The maximum absolute atomic E-state index is 14.7. The van der Waals surface area contributed by atoms with Crippen LogP contribution in [0.3, 0.4) is 0 Å². The summed E-state index contributed by atoms with van der Waals surface area (Å²) < 4.78 is 40.4. The maximum Gasteiger partial charge on any atom is 0.264 e. The molecule has 1 atom stereocenters. The van der Waals surface area contributed by atoms with Gasteiger partial charge in [-0.25, -0.2) is 8.42 Å². The van der Waals surface area contributed by atoms with Crippen LogP contribution in [-0.2, 0) is 32.6 Å². The number of nitrogens with zero attached hydrogens (tertiary/aromatic N) is 2. The molecule has 248 valence electrons. The Hall–Kier alpha value is -4.54. The summed E-state index contributed by atoms with van der Waals surface area (Å²) in [6.07, 6.45) is 0.179. The molecule has 0 radical (unpaired) electrons. The van der Waals surface area contributed by atoms with Crippen LogP contribution in [0.5, 0.6) is 11.5 Å². The molecule has 2 amide bonds. The molecule has 0 heterocycles. The zero-order valence-corrected chi connectivity index (χ0v) is 28.7. The van der Waals surface area contributed by atoms with Crippen molar-refractivity contribution in [2.75, 3.05) is 25.1 Å². The van der Waals surface area contributed by atoms with Crippen molar-refractivity contribution in [2.45, 2.75) is 50.2 Å². The van der Waals surface area contributed by atoms with Crippen LogP contribution in [-0.4, -0.2) is 57.5 Å². The second-order valence-corrected chi connectivity index (χ2v) is 14.2. The van der Waals surface area contributed by atoms with Gasteiger partial charge in [0, 0.05) is 23.5 Å². The Labute approximate surface area is 282 Å². The van der Waals surface area contributed by atoms with Crippen molar-refractivity contribution in [1.82, 2.24) is 10.2 Å². The molecule has 9 nitrogen and oxygen atoms in total. The summed E-state index contributed by atoms with van der Waals surface area (Å²) in [5, 5.41) is 3.43. The Morgan fingerprint density at radius 1 is 0.830 bits per heavy atom. The summed E-state index contributed by atoms with van der Waals surface area (Å²) in [6.45, 7) is 4.89. The van der Waals surface area contributed by atoms with Gasteiger partial charge in [0.05, 0.1) is 24.8 Å². The molecule has 4 aromatic rings. The van der Waals surface area contributed by atoms with Gasteiger partial charge < -0.3 is 19.7 Å². The molecule has 4 aromatic carbocycles. The van der Waals surface area contributed by atoms with E-state index in [4.69, 9.17) is 21.1 Å². The lowest BCUT2D eigenvalue weighted by molar-refractivity contribution is -0.140. The third-order valence-corrected chi connectivity index (χ3v) is 9.49. The van der Waals surface area contributed by atoms with E-state index < -0.39 is 34.1 Å². The van der Waals surface area contributed by atoms with E-state index in [2.05, 4.69) is 5.32 Å². The van der Waals surface area contributed by atoms with Crippen molar-refractivity contribution in [3.05, 3.63) is 119 Å². The first-order valence-electron chi connectivity index (χ1n) is 15.0. The van der Waals surface area contributed by atoms with Gasteiger partial charge in [0.2, 0.25) is 11.8 Å². The highest BCUT2D eigenvalue weighted by molar-refractivity contribution is 7.92. The Morgan fingerprint density at radius 2 is 1.45 bits per heavy atom. The first kappa shape index (κ1) is 35.3. The smallest absolute Gasteiger partial charge is 0.264 e. The largest absolute Gasteiger partial charge is 0.497 e. The molecule has 0 saturated heterocycles. The quantitative estimate of drug-likeness (QED) is 0.183. The number of halogens is 1. The number of sulfonamides is 1. The van der Waals surface area contributed by atoms with Gasteiger partial charge in [0.25, 0.3) is 10.0 Å². The van der Waals surface area contributed by atoms with Crippen molar-refractivity contribution < 1.29 is 27.5 Å². The monoisotopic (exact) mass is 677 g/mol. The number of hydrogen-bond donors (Lipinski definition) is 1. The molecule has 11 heteroatoms. The fraction of sp³-hybridized carbons (Fsp3) is 0.278. The molecule has 0 aliphatic carbocycles. The van der Waals surface area contributed by atoms with Crippen LogP contribution in [0.15, 0.2) is 108 Å². The fourth-order valence-electron chi connectivity index (χ4n) is 5.04. The van der Waals surface area contributed by atoms with E-state index in [9.17, 15) is 18.0 Å². The average Bonchev–Trinajstić information content (AvgIpc) is 3.05. The van der Waals surface area contributed by atoms with E-state index in [1.54, 1.807) is 48.5 Å². The summed E-state index contributed by atoms with van der Waals surface area (Å²) in [4.78, 5) is 30.0. The molecular formula is C36H40ClN3O6S. The number of rotatable bonds is 13. The number of ether oxygens (including phenoxy) is 2. The average molecular weight is 678 g/mol. The van der Waals surface area contributed by atoms with E-state index in [0.717, 1.165) is 9.87 Å². The molecule has 0 spiro atoms. The van der Waals surface area contributed by atoms with Gasteiger partial charge in [-0.05, 0) is 74.4 Å². The van der Waals surface area contributed by atoms with Crippen molar-refractivity contribution in [3.8, 4) is 11.5 Å². The highest BCUT2D eigenvalue weighted by atomic mass is 35.5. The lowest BCUT2D eigenvalue weighted by Crippen LogP contribution is -2.56. The van der Waals surface area contributed by atoms with Crippen LogP contribution in [0.4, 0.5) is 5.69 Å². The molecule has 0 aliphatic rings. The van der Waals surface area contributed by atoms with Gasteiger partial charge in [-0.1, -0.05) is 72.3 Å². The molecule has 1 N–H and O–H groups in total. The molecule has 0 fully saturated rings. The third-order valence-electron chi connectivity index (χ3n) is 7.35. The first-order chi connectivity index (χ1) is 22.3. The lowest BCUT2D eigenvalue weighted by Gasteiger charge is -2.35. The van der Waals surface area contributed by atoms with Crippen LogP contribution in [0.2, 0.25) is 5.02 Å². The van der Waals surface area contributed by atoms with Gasteiger partial charge in [-0.3, -0.25) is 13.9 Å². The highest BCUT2D eigenvalue weighted by Gasteiger charge is 2.36. The second-order valence-electron chi connectivity index (χ2n) is 11.9. The number of hydrogen-bond acceptors (Lipinski definition) is 6. The Kier molecular flexibility index (Phi) is 11.5. The van der Waals surface area contributed by atoms with E-state index in [1.165, 1.54) is 43.4 Å². The van der Waals surface area contributed by atoms with E-state index in [1.807, 2.05) is 51.1 Å². The van der Waals surface area contributed by atoms with Crippen molar-refractivity contribution in [2.24, 2.45) is 0 Å². The number of methoxy groups -OCH3 is 2. The zero-order chi connectivity index (χ0) is 34.2. The molecule has 0 saturated carbocycles. The molecule has 0 unspecified atom stereocenters.